The summed E-state index contributed by atoms with van der Waals surface area (Å²) in [6.45, 7) is 3.36. The van der Waals surface area contributed by atoms with E-state index in [1.54, 1.807) is 36.6 Å². The third kappa shape index (κ3) is 3.59. The zero-order chi connectivity index (χ0) is 21.6. The van der Waals surface area contributed by atoms with Gasteiger partial charge in [-0.05, 0) is 43.7 Å². The molecule has 158 valence electrons. The minimum atomic E-state index is -0.992. The Morgan fingerprint density at radius 2 is 2.16 bits per heavy atom. The molecule has 0 spiro atoms. The van der Waals surface area contributed by atoms with Gasteiger partial charge in [-0.2, -0.15) is 0 Å². The van der Waals surface area contributed by atoms with Crippen molar-refractivity contribution in [3.63, 3.8) is 0 Å². The summed E-state index contributed by atoms with van der Waals surface area (Å²) in [6, 6.07) is 9.32. The monoisotopic (exact) mass is 416 g/mol. The van der Waals surface area contributed by atoms with Crippen molar-refractivity contribution >= 4 is 33.5 Å². The van der Waals surface area contributed by atoms with Crippen molar-refractivity contribution in [3.8, 4) is 0 Å². The largest absolute Gasteiger partial charge is 0.386 e. The summed E-state index contributed by atoms with van der Waals surface area (Å²) in [5, 5.41) is 12.3. The highest BCUT2D eigenvalue weighted by Gasteiger charge is 2.38. The predicted octanol–water partition coefficient (Wildman–Crippen LogP) is 2.53. The molecule has 1 saturated heterocycles. The molecule has 1 amide bonds. The van der Waals surface area contributed by atoms with Crippen molar-refractivity contribution in [2.75, 3.05) is 31.6 Å². The maximum absolute atomic E-state index is 13.0. The first-order chi connectivity index (χ1) is 14.9. The van der Waals surface area contributed by atoms with Crippen LogP contribution >= 0.6 is 0 Å². The van der Waals surface area contributed by atoms with Crippen molar-refractivity contribution in [1.29, 1.82) is 0 Å². The normalized spacial score (nSPS) is 18.7. The molecule has 1 aromatic carbocycles. The molecule has 0 aliphatic carbocycles. The fourth-order valence-electron chi connectivity index (χ4n) is 4.43. The molecule has 5 rings (SSSR count). The minimum absolute atomic E-state index is 0.127. The number of H-pyrrole nitrogens is 1. The van der Waals surface area contributed by atoms with Gasteiger partial charge in [-0.15, -0.1) is 0 Å². The molecule has 8 nitrogen and oxygen atoms in total. The van der Waals surface area contributed by atoms with E-state index in [-0.39, 0.29) is 12.5 Å². The molecule has 1 atom stereocenters. The number of likely N-dealkylation sites (N-methyl/N-ethyl adjacent to an activating group) is 1. The Hall–Kier alpha value is -3.52. The van der Waals surface area contributed by atoms with Crippen LogP contribution in [-0.2, 0) is 0 Å². The first kappa shape index (κ1) is 19.4. The maximum atomic E-state index is 13.0. The number of nitrogens with zero attached hydrogens (tertiary/aromatic N) is 5. The molecule has 0 bridgehead atoms. The Kier molecular flexibility index (Phi) is 4.59. The highest BCUT2D eigenvalue weighted by molar-refractivity contribution is 5.97. The standard InChI is InChI=1S/C23H24N6O2/c1-15-9-21(17-11-24-7-5-18(17)27-15)29-8-6-23(31,13-29)12-28(2)22(30)16-3-4-19-20(10-16)26-14-25-19/h3-5,7,9-11,14,31H,6,8,12-13H2,1-2H3,(H,25,26)/t23-/m0/s1. The number of aromatic amines is 1. The van der Waals surface area contributed by atoms with Gasteiger partial charge in [-0.1, -0.05) is 0 Å². The number of carbonyl (C=O) groups excluding carboxylic acids is 1. The maximum Gasteiger partial charge on any atom is 0.253 e. The highest BCUT2D eigenvalue weighted by atomic mass is 16.3. The van der Waals surface area contributed by atoms with Gasteiger partial charge in [0.05, 0.1) is 29.4 Å². The lowest BCUT2D eigenvalue weighted by atomic mass is 10.0. The van der Waals surface area contributed by atoms with Gasteiger partial charge in [0, 0.05) is 54.9 Å². The van der Waals surface area contributed by atoms with Crippen LogP contribution in [0.15, 0.2) is 49.1 Å². The van der Waals surface area contributed by atoms with Crippen LogP contribution in [-0.4, -0.2) is 68.1 Å². The average molecular weight is 416 g/mol. The lowest BCUT2D eigenvalue weighted by molar-refractivity contribution is 0.0265. The SMILES string of the molecule is Cc1cc(N2CC[C@](O)(CN(C)C(=O)c3ccc4nc[nH]c4c3)C2)c2cnccc2n1. The van der Waals surface area contributed by atoms with Crippen LogP contribution in [0.5, 0.6) is 0 Å². The number of benzene rings is 1. The van der Waals surface area contributed by atoms with Crippen molar-refractivity contribution in [3.05, 3.63) is 60.3 Å². The Morgan fingerprint density at radius 1 is 1.29 bits per heavy atom. The number of pyridine rings is 2. The summed E-state index contributed by atoms with van der Waals surface area (Å²) in [5.41, 5.74) is 4.04. The van der Waals surface area contributed by atoms with Crippen LogP contribution in [0.4, 0.5) is 5.69 Å². The van der Waals surface area contributed by atoms with Crippen LogP contribution in [0.25, 0.3) is 21.9 Å². The zero-order valence-electron chi connectivity index (χ0n) is 17.5. The number of amides is 1. The van der Waals surface area contributed by atoms with E-state index in [1.165, 1.54) is 0 Å². The number of fused-ring (bicyclic) bond motifs is 2. The van der Waals surface area contributed by atoms with Gasteiger partial charge in [0.2, 0.25) is 0 Å². The fourth-order valence-corrected chi connectivity index (χ4v) is 4.43. The molecule has 1 fully saturated rings. The second-order valence-electron chi connectivity index (χ2n) is 8.37. The molecule has 4 aromatic rings. The van der Waals surface area contributed by atoms with Gasteiger partial charge in [0.1, 0.15) is 5.60 Å². The van der Waals surface area contributed by atoms with Crippen molar-refractivity contribution in [2.45, 2.75) is 18.9 Å². The summed E-state index contributed by atoms with van der Waals surface area (Å²) in [4.78, 5) is 32.8. The van der Waals surface area contributed by atoms with Crippen LogP contribution in [0, 0.1) is 6.92 Å². The number of rotatable bonds is 4. The Morgan fingerprint density at radius 3 is 3.03 bits per heavy atom. The van der Waals surface area contributed by atoms with Crippen LogP contribution < -0.4 is 4.90 Å². The number of aromatic nitrogens is 4. The Balaban J connectivity index is 1.34. The summed E-state index contributed by atoms with van der Waals surface area (Å²) >= 11 is 0. The van der Waals surface area contributed by atoms with Gasteiger partial charge in [0.15, 0.2) is 0 Å². The quantitative estimate of drug-likeness (QED) is 0.531. The summed E-state index contributed by atoms with van der Waals surface area (Å²) in [6.07, 6.45) is 5.74. The number of hydrogen-bond donors (Lipinski definition) is 2. The van der Waals surface area contributed by atoms with Crippen LogP contribution in [0.1, 0.15) is 22.5 Å². The molecule has 0 radical (unpaired) electrons. The van der Waals surface area contributed by atoms with Gasteiger partial charge in [-0.3, -0.25) is 14.8 Å². The van der Waals surface area contributed by atoms with Crippen LogP contribution in [0.3, 0.4) is 0 Å². The molecule has 1 aliphatic heterocycles. The fraction of sp³-hybridized carbons (Fsp3) is 0.304. The van der Waals surface area contributed by atoms with E-state index in [2.05, 4.69) is 24.8 Å². The van der Waals surface area contributed by atoms with Crippen molar-refractivity contribution in [1.82, 2.24) is 24.8 Å². The highest BCUT2D eigenvalue weighted by Crippen LogP contribution is 2.32. The number of imidazole rings is 1. The molecule has 1 aliphatic rings. The first-order valence-electron chi connectivity index (χ1n) is 10.3. The van der Waals surface area contributed by atoms with Crippen molar-refractivity contribution < 1.29 is 9.90 Å². The van der Waals surface area contributed by atoms with Gasteiger partial charge in [-0.25, -0.2) is 4.98 Å². The molecular formula is C23H24N6O2. The molecule has 2 N–H and O–H groups in total. The van der Waals surface area contributed by atoms with Gasteiger partial charge in [0.25, 0.3) is 5.91 Å². The van der Waals surface area contributed by atoms with E-state index in [9.17, 15) is 9.90 Å². The molecule has 0 unspecified atom stereocenters. The number of carbonyl (C=O) groups is 1. The molecule has 8 heteroatoms. The Labute approximate surface area is 179 Å². The third-order valence-electron chi connectivity index (χ3n) is 5.93. The first-order valence-corrected chi connectivity index (χ1v) is 10.3. The zero-order valence-corrected chi connectivity index (χ0v) is 17.5. The second kappa shape index (κ2) is 7.31. The van der Waals surface area contributed by atoms with Gasteiger partial charge < -0.3 is 19.9 Å². The predicted molar refractivity (Wildman–Crippen MR) is 119 cm³/mol. The molecular weight excluding hydrogens is 392 g/mol. The van der Waals surface area contributed by atoms with E-state index >= 15 is 0 Å². The van der Waals surface area contributed by atoms with E-state index in [4.69, 9.17) is 0 Å². The summed E-state index contributed by atoms with van der Waals surface area (Å²) in [7, 11) is 1.73. The number of nitrogens with one attached hydrogen (secondary N) is 1. The molecule has 31 heavy (non-hydrogen) atoms. The van der Waals surface area contributed by atoms with Crippen molar-refractivity contribution in [2.24, 2.45) is 0 Å². The van der Waals surface area contributed by atoms with E-state index in [0.29, 0.717) is 25.1 Å². The average Bonchev–Trinajstić information content (AvgIpc) is 3.38. The lowest BCUT2D eigenvalue weighted by Crippen LogP contribution is -2.45. The van der Waals surface area contributed by atoms with E-state index in [1.807, 2.05) is 31.3 Å². The molecule has 0 saturated carbocycles. The number of anilines is 1. The van der Waals surface area contributed by atoms with E-state index in [0.717, 1.165) is 33.3 Å². The smallest absolute Gasteiger partial charge is 0.253 e. The number of aryl methyl sites for hydroxylation is 1. The third-order valence-corrected chi connectivity index (χ3v) is 5.93. The summed E-state index contributed by atoms with van der Waals surface area (Å²) < 4.78 is 0. The number of β-amino-alcohol motifs (C(OH)–C–C–N with tert-alkyl or cyclic N) is 1. The minimum Gasteiger partial charge on any atom is -0.386 e. The van der Waals surface area contributed by atoms with Gasteiger partial charge >= 0.3 is 0 Å². The second-order valence-corrected chi connectivity index (χ2v) is 8.37. The lowest BCUT2D eigenvalue weighted by Gasteiger charge is -2.29. The van der Waals surface area contributed by atoms with E-state index < -0.39 is 5.60 Å². The van der Waals surface area contributed by atoms with Crippen LogP contribution in [0.2, 0.25) is 0 Å². The topological polar surface area (TPSA) is 98.2 Å². The Bertz CT molecular complexity index is 1290. The molecule has 4 heterocycles. The number of aliphatic hydroxyl groups is 1. The summed E-state index contributed by atoms with van der Waals surface area (Å²) in [5.74, 6) is -0.127. The molecule has 3 aromatic heterocycles. The number of hydrogen-bond acceptors (Lipinski definition) is 6.